The lowest BCUT2D eigenvalue weighted by Crippen LogP contribution is -2.01. The normalized spacial score (nSPS) is 10.2. The average Bonchev–Trinajstić information content (AvgIpc) is 2.41. The number of nitrogens with two attached hydrogens (primary N) is 1. The Balaban J connectivity index is 2.28. The lowest BCUT2D eigenvalue weighted by atomic mass is 10.2. The number of nitrogens with zero attached hydrogens (tertiary/aromatic N) is 1. The molecule has 2 aromatic rings. The fourth-order valence-corrected chi connectivity index (χ4v) is 1.91. The quantitative estimate of drug-likeness (QED) is 0.943. The number of benzene rings is 1. The first-order valence-corrected chi connectivity index (χ1v) is 6.19. The highest BCUT2D eigenvalue weighted by molar-refractivity contribution is 9.10. The van der Waals surface area contributed by atoms with E-state index < -0.39 is 0 Å². The Hall–Kier alpha value is -1.59. The van der Waals surface area contributed by atoms with Crippen molar-refractivity contribution < 1.29 is 9.47 Å². The largest absolute Gasteiger partial charge is 0.497 e. The molecule has 18 heavy (non-hydrogen) atoms. The van der Waals surface area contributed by atoms with Gasteiger partial charge in [-0.1, -0.05) is 6.07 Å². The van der Waals surface area contributed by atoms with Crippen molar-refractivity contribution in [3.63, 3.8) is 0 Å². The zero-order valence-corrected chi connectivity index (χ0v) is 11.5. The van der Waals surface area contributed by atoms with E-state index in [2.05, 4.69) is 20.9 Å². The minimum absolute atomic E-state index is 0.386. The Morgan fingerprint density at radius 1 is 1.33 bits per heavy atom. The van der Waals surface area contributed by atoms with Crippen LogP contribution in [0.4, 0.5) is 0 Å². The van der Waals surface area contributed by atoms with Crippen LogP contribution in [0.2, 0.25) is 0 Å². The van der Waals surface area contributed by atoms with Crippen LogP contribution in [-0.4, -0.2) is 12.1 Å². The van der Waals surface area contributed by atoms with E-state index >= 15 is 0 Å². The van der Waals surface area contributed by atoms with Gasteiger partial charge in [0.15, 0.2) is 0 Å². The van der Waals surface area contributed by atoms with E-state index in [1.54, 1.807) is 13.3 Å². The summed E-state index contributed by atoms with van der Waals surface area (Å²) < 4.78 is 11.7. The van der Waals surface area contributed by atoms with Crippen molar-refractivity contribution in [3.05, 3.63) is 46.6 Å². The number of hydrogen-bond acceptors (Lipinski definition) is 4. The molecule has 0 saturated heterocycles. The summed E-state index contributed by atoms with van der Waals surface area (Å²) in [6.07, 6.45) is 1.67. The summed E-state index contributed by atoms with van der Waals surface area (Å²) in [6, 6.07) is 9.20. The van der Waals surface area contributed by atoms with E-state index in [-0.39, 0.29) is 0 Å². The van der Waals surface area contributed by atoms with Crippen molar-refractivity contribution in [3.8, 4) is 17.4 Å². The molecule has 0 aliphatic heterocycles. The van der Waals surface area contributed by atoms with E-state index in [9.17, 15) is 0 Å². The highest BCUT2D eigenvalue weighted by atomic mass is 79.9. The molecule has 0 spiro atoms. The lowest BCUT2D eigenvalue weighted by molar-refractivity contribution is 0.411. The number of halogens is 1. The molecule has 2 rings (SSSR count). The van der Waals surface area contributed by atoms with Gasteiger partial charge >= 0.3 is 0 Å². The van der Waals surface area contributed by atoms with Gasteiger partial charge in [-0.3, -0.25) is 0 Å². The fraction of sp³-hybridized carbons (Fsp3) is 0.154. The topological polar surface area (TPSA) is 57.4 Å². The standard InChI is InChI=1S/C13H13BrN2O2/c1-17-10-4-5-12(11(14)7-10)18-13-9(8-15)3-2-6-16-13/h2-7H,8,15H2,1H3. The summed E-state index contributed by atoms with van der Waals surface area (Å²) in [5.74, 6) is 1.95. The third kappa shape index (κ3) is 2.80. The Labute approximate surface area is 114 Å². The second-order valence-corrected chi connectivity index (χ2v) is 4.42. The van der Waals surface area contributed by atoms with Crippen molar-refractivity contribution in [1.29, 1.82) is 0 Å². The van der Waals surface area contributed by atoms with Gasteiger partial charge in [-0.05, 0) is 40.2 Å². The predicted octanol–water partition coefficient (Wildman–Crippen LogP) is 3.10. The number of aromatic nitrogens is 1. The molecule has 0 fully saturated rings. The van der Waals surface area contributed by atoms with Gasteiger partial charge in [-0.2, -0.15) is 0 Å². The predicted molar refractivity (Wildman–Crippen MR) is 72.9 cm³/mol. The minimum atomic E-state index is 0.386. The van der Waals surface area contributed by atoms with Crippen molar-refractivity contribution in [2.45, 2.75) is 6.54 Å². The Bertz CT molecular complexity index is 546. The zero-order valence-electron chi connectivity index (χ0n) is 9.89. The molecular weight excluding hydrogens is 296 g/mol. The smallest absolute Gasteiger partial charge is 0.223 e. The molecule has 0 amide bonds. The molecule has 94 valence electrons. The molecule has 1 aromatic carbocycles. The number of pyridine rings is 1. The van der Waals surface area contributed by atoms with Crippen LogP contribution < -0.4 is 15.2 Å². The summed E-state index contributed by atoms with van der Waals surface area (Å²) in [7, 11) is 1.62. The van der Waals surface area contributed by atoms with Crippen LogP contribution in [0.5, 0.6) is 17.4 Å². The monoisotopic (exact) mass is 308 g/mol. The van der Waals surface area contributed by atoms with Crippen molar-refractivity contribution in [2.24, 2.45) is 5.73 Å². The highest BCUT2D eigenvalue weighted by Crippen LogP contribution is 2.32. The van der Waals surface area contributed by atoms with E-state index in [0.717, 1.165) is 15.8 Å². The number of hydrogen-bond donors (Lipinski definition) is 1. The van der Waals surface area contributed by atoms with Gasteiger partial charge in [-0.15, -0.1) is 0 Å². The van der Waals surface area contributed by atoms with Crippen LogP contribution in [-0.2, 0) is 6.54 Å². The van der Waals surface area contributed by atoms with Crippen LogP contribution in [0.3, 0.4) is 0 Å². The first-order valence-electron chi connectivity index (χ1n) is 5.40. The summed E-state index contributed by atoms with van der Waals surface area (Å²) >= 11 is 3.43. The average molecular weight is 309 g/mol. The molecule has 5 heteroatoms. The van der Waals surface area contributed by atoms with E-state index in [1.165, 1.54) is 0 Å². The molecule has 0 aliphatic rings. The maximum atomic E-state index is 5.74. The lowest BCUT2D eigenvalue weighted by Gasteiger charge is -2.10. The second kappa shape index (κ2) is 5.84. The third-order valence-electron chi connectivity index (χ3n) is 2.42. The fourth-order valence-electron chi connectivity index (χ4n) is 1.47. The molecule has 1 heterocycles. The van der Waals surface area contributed by atoms with Crippen LogP contribution in [0.1, 0.15) is 5.56 Å². The molecule has 2 N–H and O–H groups in total. The summed E-state index contributed by atoms with van der Waals surface area (Å²) in [6.45, 7) is 0.386. The van der Waals surface area contributed by atoms with Gasteiger partial charge in [0.1, 0.15) is 11.5 Å². The zero-order chi connectivity index (χ0) is 13.0. The maximum absolute atomic E-state index is 5.74. The SMILES string of the molecule is COc1ccc(Oc2ncccc2CN)c(Br)c1. The van der Waals surface area contributed by atoms with E-state index in [0.29, 0.717) is 18.2 Å². The first-order chi connectivity index (χ1) is 8.74. The van der Waals surface area contributed by atoms with Gasteiger partial charge in [0.05, 0.1) is 11.6 Å². The summed E-state index contributed by atoms with van der Waals surface area (Å²) in [5.41, 5.74) is 6.50. The van der Waals surface area contributed by atoms with Crippen LogP contribution >= 0.6 is 15.9 Å². The van der Waals surface area contributed by atoms with Gasteiger partial charge in [0, 0.05) is 18.3 Å². The minimum Gasteiger partial charge on any atom is -0.497 e. The molecule has 1 aromatic heterocycles. The molecule has 0 radical (unpaired) electrons. The first kappa shape index (κ1) is 12.9. The van der Waals surface area contributed by atoms with Gasteiger partial charge < -0.3 is 15.2 Å². The molecule has 0 unspecified atom stereocenters. The molecule has 0 atom stereocenters. The Kier molecular flexibility index (Phi) is 4.17. The van der Waals surface area contributed by atoms with Gasteiger partial charge in [0.2, 0.25) is 5.88 Å². The molecular formula is C13H13BrN2O2. The van der Waals surface area contributed by atoms with Crippen LogP contribution in [0, 0.1) is 0 Å². The molecule has 0 saturated carbocycles. The molecule has 0 aliphatic carbocycles. The number of ether oxygens (including phenoxy) is 2. The third-order valence-corrected chi connectivity index (χ3v) is 3.04. The highest BCUT2D eigenvalue weighted by Gasteiger charge is 2.08. The van der Waals surface area contributed by atoms with Gasteiger partial charge in [0.25, 0.3) is 0 Å². The second-order valence-electron chi connectivity index (χ2n) is 3.57. The van der Waals surface area contributed by atoms with Crippen molar-refractivity contribution in [1.82, 2.24) is 4.98 Å². The van der Waals surface area contributed by atoms with E-state index in [4.69, 9.17) is 15.2 Å². The molecule has 4 nitrogen and oxygen atoms in total. The van der Waals surface area contributed by atoms with Crippen molar-refractivity contribution in [2.75, 3.05) is 7.11 Å². The van der Waals surface area contributed by atoms with Crippen LogP contribution in [0.25, 0.3) is 0 Å². The summed E-state index contributed by atoms with van der Waals surface area (Å²) in [4.78, 5) is 4.17. The van der Waals surface area contributed by atoms with Crippen molar-refractivity contribution >= 4 is 15.9 Å². The Morgan fingerprint density at radius 2 is 2.17 bits per heavy atom. The summed E-state index contributed by atoms with van der Waals surface area (Å²) in [5, 5.41) is 0. The molecule has 0 bridgehead atoms. The maximum Gasteiger partial charge on any atom is 0.223 e. The van der Waals surface area contributed by atoms with Gasteiger partial charge in [-0.25, -0.2) is 4.98 Å². The number of methoxy groups -OCH3 is 1. The van der Waals surface area contributed by atoms with E-state index in [1.807, 2.05) is 30.3 Å². The van der Waals surface area contributed by atoms with Crippen LogP contribution in [0.15, 0.2) is 41.0 Å². The number of rotatable bonds is 4. The Morgan fingerprint density at radius 3 is 2.83 bits per heavy atom.